The van der Waals surface area contributed by atoms with Gasteiger partial charge in [0, 0.05) is 35.5 Å². The minimum absolute atomic E-state index is 0.0272. The highest BCUT2D eigenvalue weighted by Gasteiger charge is 2.20. The van der Waals surface area contributed by atoms with Gasteiger partial charge in [-0.2, -0.15) is 0 Å². The molecular formula is C24H32FNO4. The highest BCUT2D eigenvalue weighted by Crippen LogP contribution is 2.35. The van der Waals surface area contributed by atoms with Crippen LogP contribution in [-0.2, 0) is 9.53 Å². The summed E-state index contributed by atoms with van der Waals surface area (Å²) in [5.74, 6) is -0.588. The van der Waals surface area contributed by atoms with E-state index < -0.39 is 18.2 Å². The van der Waals surface area contributed by atoms with Crippen molar-refractivity contribution in [1.82, 2.24) is 4.57 Å². The lowest BCUT2D eigenvalue weighted by molar-refractivity contribution is -0.143. The lowest BCUT2D eigenvalue weighted by Crippen LogP contribution is -2.20. The number of methoxy groups -OCH3 is 1. The predicted molar refractivity (Wildman–Crippen MR) is 117 cm³/mol. The van der Waals surface area contributed by atoms with E-state index in [0.717, 1.165) is 22.4 Å². The van der Waals surface area contributed by atoms with Gasteiger partial charge in [-0.3, -0.25) is 4.79 Å². The maximum atomic E-state index is 13.4. The standard InChI is InChI=1S/C24H32FNO4/c1-15(2)24-21(11-10-19(27)12-20(28)13-23(29)30-5)22(14-26(24)16(3)4)17-6-8-18(25)9-7-17/h6-11,14-16,19-20,27-28H,12-13H2,1-5H3/b11-10+. The highest BCUT2D eigenvalue weighted by molar-refractivity contribution is 5.77. The van der Waals surface area contributed by atoms with Crippen LogP contribution in [0.4, 0.5) is 4.39 Å². The SMILES string of the molecule is COC(=O)CC(O)CC(O)/C=C/c1c(-c2ccc(F)cc2)cn(C(C)C)c1C(C)C. The van der Waals surface area contributed by atoms with E-state index in [1.165, 1.54) is 19.2 Å². The topological polar surface area (TPSA) is 71.7 Å². The molecule has 0 fully saturated rings. The van der Waals surface area contributed by atoms with Crippen molar-refractivity contribution in [2.24, 2.45) is 0 Å². The lowest BCUT2D eigenvalue weighted by Gasteiger charge is -2.17. The van der Waals surface area contributed by atoms with Crippen molar-refractivity contribution in [3.8, 4) is 11.1 Å². The average molecular weight is 418 g/mol. The molecule has 0 saturated heterocycles. The van der Waals surface area contributed by atoms with E-state index in [4.69, 9.17) is 0 Å². The van der Waals surface area contributed by atoms with Gasteiger partial charge < -0.3 is 19.5 Å². The zero-order valence-electron chi connectivity index (χ0n) is 18.3. The van der Waals surface area contributed by atoms with Crippen LogP contribution >= 0.6 is 0 Å². The molecule has 0 radical (unpaired) electrons. The van der Waals surface area contributed by atoms with Gasteiger partial charge in [-0.05, 0) is 37.5 Å². The van der Waals surface area contributed by atoms with Crippen LogP contribution in [0.3, 0.4) is 0 Å². The Morgan fingerprint density at radius 1 is 1.17 bits per heavy atom. The number of aliphatic hydroxyl groups excluding tert-OH is 2. The number of hydrogen-bond donors (Lipinski definition) is 2. The molecule has 2 aromatic rings. The van der Waals surface area contributed by atoms with Crippen molar-refractivity contribution < 1.29 is 24.1 Å². The Kier molecular flexibility index (Phi) is 8.38. The van der Waals surface area contributed by atoms with Crippen LogP contribution in [0, 0.1) is 5.82 Å². The Hall–Kier alpha value is -2.44. The molecule has 0 aliphatic heterocycles. The number of hydrogen-bond acceptors (Lipinski definition) is 4. The number of esters is 1. The first kappa shape index (κ1) is 23.8. The largest absolute Gasteiger partial charge is 0.469 e. The van der Waals surface area contributed by atoms with Crippen LogP contribution in [0.5, 0.6) is 0 Å². The van der Waals surface area contributed by atoms with Crippen molar-refractivity contribution in [3.05, 3.63) is 53.6 Å². The number of carbonyl (C=O) groups excluding carboxylic acids is 1. The number of nitrogens with zero attached hydrogens (tertiary/aromatic N) is 1. The molecule has 30 heavy (non-hydrogen) atoms. The van der Waals surface area contributed by atoms with Gasteiger partial charge in [0.15, 0.2) is 0 Å². The number of aliphatic hydroxyl groups is 2. The van der Waals surface area contributed by atoms with E-state index in [2.05, 4.69) is 43.2 Å². The van der Waals surface area contributed by atoms with E-state index in [1.54, 1.807) is 18.2 Å². The second kappa shape index (κ2) is 10.5. The molecule has 6 heteroatoms. The Morgan fingerprint density at radius 3 is 2.33 bits per heavy atom. The van der Waals surface area contributed by atoms with Gasteiger partial charge in [0.2, 0.25) is 0 Å². The first-order valence-corrected chi connectivity index (χ1v) is 10.3. The van der Waals surface area contributed by atoms with Crippen molar-refractivity contribution in [2.75, 3.05) is 7.11 Å². The molecule has 1 aromatic heterocycles. The van der Waals surface area contributed by atoms with E-state index in [-0.39, 0.29) is 30.6 Å². The highest BCUT2D eigenvalue weighted by atomic mass is 19.1. The van der Waals surface area contributed by atoms with Crippen LogP contribution in [0.15, 0.2) is 36.5 Å². The fourth-order valence-electron chi connectivity index (χ4n) is 3.55. The van der Waals surface area contributed by atoms with E-state index >= 15 is 0 Å². The summed E-state index contributed by atoms with van der Waals surface area (Å²) in [4.78, 5) is 11.3. The summed E-state index contributed by atoms with van der Waals surface area (Å²) >= 11 is 0. The lowest BCUT2D eigenvalue weighted by atomic mass is 9.97. The molecule has 0 amide bonds. The van der Waals surface area contributed by atoms with Gasteiger partial charge in [-0.15, -0.1) is 0 Å². The Bertz CT molecular complexity index is 868. The van der Waals surface area contributed by atoms with E-state index in [0.29, 0.717) is 0 Å². The Morgan fingerprint density at radius 2 is 1.80 bits per heavy atom. The molecular weight excluding hydrogens is 385 g/mol. The Balaban J connectivity index is 2.39. The molecule has 2 N–H and O–H groups in total. The van der Waals surface area contributed by atoms with Crippen molar-refractivity contribution in [1.29, 1.82) is 0 Å². The van der Waals surface area contributed by atoms with Gasteiger partial charge in [-0.1, -0.05) is 38.1 Å². The summed E-state index contributed by atoms with van der Waals surface area (Å²) in [6.45, 7) is 8.42. The molecule has 2 rings (SSSR count). The summed E-state index contributed by atoms with van der Waals surface area (Å²) < 4.78 is 20.2. The fraction of sp³-hybridized carbons (Fsp3) is 0.458. The number of carbonyl (C=O) groups is 1. The van der Waals surface area contributed by atoms with Crippen molar-refractivity contribution >= 4 is 12.0 Å². The zero-order valence-corrected chi connectivity index (χ0v) is 18.3. The molecule has 0 spiro atoms. The maximum absolute atomic E-state index is 13.4. The van der Waals surface area contributed by atoms with Crippen LogP contribution in [-0.4, -0.2) is 40.1 Å². The predicted octanol–water partition coefficient (Wildman–Crippen LogP) is 4.69. The van der Waals surface area contributed by atoms with Crippen LogP contribution in [0.2, 0.25) is 0 Å². The van der Waals surface area contributed by atoms with E-state index in [9.17, 15) is 19.4 Å². The van der Waals surface area contributed by atoms with Crippen LogP contribution in [0.1, 0.15) is 63.8 Å². The molecule has 2 unspecified atom stereocenters. The number of halogens is 1. The molecule has 0 aliphatic rings. The third-order valence-corrected chi connectivity index (χ3v) is 5.00. The molecule has 1 aromatic carbocycles. The first-order valence-electron chi connectivity index (χ1n) is 10.3. The van der Waals surface area contributed by atoms with E-state index in [1.807, 2.05) is 6.08 Å². The summed E-state index contributed by atoms with van der Waals surface area (Å²) in [7, 11) is 1.26. The average Bonchev–Trinajstić information content (AvgIpc) is 3.06. The van der Waals surface area contributed by atoms with Gasteiger partial charge in [0.25, 0.3) is 0 Å². The first-order chi connectivity index (χ1) is 14.1. The zero-order chi connectivity index (χ0) is 22.4. The summed E-state index contributed by atoms with van der Waals surface area (Å²) in [5, 5.41) is 20.3. The van der Waals surface area contributed by atoms with Crippen molar-refractivity contribution in [3.63, 3.8) is 0 Å². The van der Waals surface area contributed by atoms with Crippen molar-refractivity contribution in [2.45, 2.75) is 64.7 Å². The fourth-order valence-corrected chi connectivity index (χ4v) is 3.55. The third kappa shape index (κ3) is 6.03. The number of benzene rings is 1. The number of aromatic nitrogens is 1. The minimum atomic E-state index is -0.987. The number of ether oxygens (including phenoxy) is 1. The van der Waals surface area contributed by atoms with Gasteiger partial charge >= 0.3 is 5.97 Å². The molecule has 0 aliphatic carbocycles. The molecule has 2 atom stereocenters. The van der Waals surface area contributed by atoms with Gasteiger partial charge in [0.05, 0.1) is 25.7 Å². The maximum Gasteiger partial charge on any atom is 0.308 e. The molecule has 0 bridgehead atoms. The molecule has 5 nitrogen and oxygen atoms in total. The normalized spacial score (nSPS) is 13.9. The smallest absolute Gasteiger partial charge is 0.308 e. The quantitative estimate of drug-likeness (QED) is 0.581. The van der Waals surface area contributed by atoms with Crippen LogP contribution < -0.4 is 0 Å². The van der Waals surface area contributed by atoms with Gasteiger partial charge in [0.1, 0.15) is 5.82 Å². The monoisotopic (exact) mass is 417 g/mol. The Labute approximate surface area is 177 Å². The minimum Gasteiger partial charge on any atom is -0.469 e. The molecule has 164 valence electrons. The van der Waals surface area contributed by atoms with Gasteiger partial charge in [-0.25, -0.2) is 4.39 Å². The molecule has 0 saturated carbocycles. The third-order valence-electron chi connectivity index (χ3n) is 5.00. The second-order valence-electron chi connectivity index (χ2n) is 8.10. The summed E-state index contributed by atoms with van der Waals surface area (Å²) in [6.07, 6.45) is 3.49. The molecule has 1 heterocycles. The van der Waals surface area contributed by atoms with Crippen LogP contribution in [0.25, 0.3) is 17.2 Å². The summed E-state index contributed by atoms with van der Waals surface area (Å²) in [6, 6.07) is 6.59. The summed E-state index contributed by atoms with van der Waals surface area (Å²) in [5.41, 5.74) is 3.90. The number of rotatable bonds is 9. The second-order valence-corrected chi connectivity index (χ2v) is 8.10.